The third kappa shape index (κ3) is 9.20. The second-order valence-corrected chi connectivity index (χ2v) is 13.3. The predicted octanol–water partition coefficient (Wildman–Crippen LogP) is 4.03. The number of hydrogen-bond donors (Lipinski definition) is 5. The van der Waals surface area contributed by atoms with Gasteiger partial charge >= 0.3 is 6.09 Å². The number of para-hydroxylation sites is 1. The van der Waals surface area contributed by atoms with E-state index in [1.807, 2.05) is 84.9 Å². The highest BCUT2D eigenvalue weighted by atomic mass is 32.2. The fourth-order valence-corrected chi connectivity index (χ4v) is 6.78. The minimum Gasteiger partial charge on any atom is -0.453 e. The van der Waals surface area contributed by atoms with Gasteiger partial charge in [-0.25, -0.2) is 17.9 Å². The molecule has 1 aliphatic heterocycles. The SMILES string of the molecule is COC(=O)NC(C(=O)Nc1ccccc1CC[C@@H]1CN[C@H](CNS(=O)(=O)c2ccc(N)cc2)CO1)C(c1ccccc1)c1ccccc1. The Kier molecular flexibility index (Phi) is 11.8. The molecule has 1 fully saturated rings. The summed E-state index contributed by atoms with van der Waals surface area (Å²) in [5, 5.41) is 9.21. The standard InChI is InChI=1S/C36H41N5O6S/c1-46-36(43)41-34(33(26-11-4-2-5-12-26)27-13-6-3-7-14-27)35(42)40-32-15-9-8-10-25(32)16-19-30-23-38-29(24-47-30)22-39-48(44,45)31-20-17-28(37)18-21-31/h2-15,17-18,20-21,29-30,33-34,38-39H,16,19,22-24,37H2,1H3,(H,40,42)(H,41,43)/t29-,30-,34?/m1/s1. The Labute approximate surface area is 281 Å². The van der Waals surface area contributed by atoms with Crippen molar-refractivity contribution in [1.82, 2.24) is 15.4 Å². The van der Waals surface area contributed by atoms with Crippen molar-refractivity contribution in [3.63, 3.8) is 0 Å². The molecular weight excluding hydrogens is 630 g/mol. The number of nitrogens with two attached hydrogens (primary N) is 1. The molecule has 11 nitrogen and oxygen atoms in total. The summed E-state index contributed by atoms with van der Waals surface area (Å²) in [5.74, 6) is -0.866. The largest absolute Gasteiger partial charge is 0.453 e. The number of amides is 2. The van der Waals surface area contributed by atoms with Crippen LogP contribution < -0.4 is 26.4 Å². The van der Waals surface area contributed by atoms with Gasteiger partial charge in [-0.2, -0.15) is 0 Å². The molecule has 6 N–H and O–H groups in total. The molecule has 1 saturated heterocycles. The van der Waals surface area contributed by atoms with Crippen LogP contribution >= 0.6 is 0 Å². The summed E-state index contributed by atoms with van der Waals surface area (Å²) in [7, 11) is -2.40. The second-order valence-electron chi connectivity index (χ2n) is 11.6. The van der Waals surface area contributed by atoms with E-state index in [4.69, 9.17) is 15.2 Å². The number of carbonyl (C=O) groups excluding carboxylic acids is 2. The van der Waals surface area contributed by atoms with E-state index in [-0.39, 0.29) is 29.5 Å². The Hall–Kier alpha value is -4.75. The normalized spacial score (nSPS) is 17.0. The first-order valence-corrected chi connectivity index (χ1v) is 17.2. The lowest BCUT2D eigenvalue weighted by atomic mass is 9.84. The van der Waals surface area contributed by atoms with E-state index >= 15 is 0 Å². The van der Waals surface area contributed by atoms with Gasteiger partial charge in [-0.1, -0.05) is 78.9 Å². The molecule has 252 valence electrons. The van der Waals surface area contributed by atoms with Crippen LogP contribution in [-0.2, 0) is 30.7 Å². The Bertz CT molecular complexity index is 1710. The van der Waals surface area contributed by atoms with E-state index in [0.29, 0.717) is 37.4 Å². The highest BCUT2D eigenvalue weighted by Gasteiger charge is 2.33. The van der Waals surface area contributed by atoms with Crippen molar-refractivity contribution in [3.05, 3.63) is 126 Å². The zero-order valence-electron chi connectivity index (χ0n) is 26.7. The highest BCUT2D eigenvalue weighted by molar-refractivity contribution is 7.89. The molecule has 0 aliphatic carbocycles. The molecule has 1 unspecified atom stereocenters. The summed E-state index contributed by atoms with van der Waals surface area (Å²) >= 11 is 0. The van der Waals surface area contributed by atoms with Crippen LogP contribution in [0, 0.1) is 0 Å². The van der Waals surface area contributed by atoms with E-state index in [2.05, 4.69) is 20.7 Å². The molecule has 1 aliphatic rings. The van der Waals surface area contributed by atoms with Crippen LogP contribution in [0.1, 0.15) is 29.0 Å². The van der Waals surface area contributed by atoms with Crippen LogP contribution in [0.5, 0.6) is 0 Å². The average Bonchev–Trinajstić information content (AvgIpc) is 3.11. The number of nitrogen functional groups attached to an aromatic ring is 1. The van der Waals surface area contributed by atoms with E-state index in [1.54, 1.807) is 12.1 Å². The number of aryl methyl sites for hydroxylation is 1. The van der Waals surface area contributed by atoms with Crippen LogP contribution in [0.25, 0.3) is 0 Å². The summed E-state index contributed by atoms with van der Waals surface area (Å²) in [4.78, 5) is 26.7. The molecule has 1 heterocycles. The average molecular weight is 672 g/mol. The van der Waals surface area contributed by atoms with E-state index in [9.17, 15) is 18.0 Å². The van der Waals surface area contributed by atoms with Crippen LogP contribution in [0.4, 0.5) is 16.2 Å². The molecule has 48 heavy (non-hydrogen) atoms. The van der Waals surface area contributed by atoms with Crippen molar-refractivity contribution in [1.29, 1.82) is 0 Å². The number of alkyl carbamates (subject to hydrolysis) is 1. The summed E-state index contributed by atoms with van der Waals surface area (Å²) < 4.78 is 38.9. The Balaban J connectivity index is 1.21. The maximum absolute atomic E-state index is 14.0. The number of anilines is 2. The zero-order chi connectivity index (χ0) is 33.9. The van der Waals surface area contributed by atoms with Crippen molar-refractivity contribution in [2.45, 2.75) is 41.8 Å². The highest BCUT2D eigenvalue weighted by Crippen LogP contribution is 2.30. The number of hydrogen-bond acceptors (Lipinski definition) is 8. The molecule has 0 aromatic heterocycles. The lowest BCUT2D eigenvalue weighted by Gasteiger charge is -2.31. The fraction of sp³-hybridized carbons (Fsp3) is 0.278. The van der Waals surface area contributed by atoms with Crippen molar-refractivity contribution in [3.8, 4) is 0 Å². The Morgan fingerprint density at radius 3 is 2.15 bits per heavy atom. The predicted molar refractivity (Wildman–Crippen MR) is 185 cm³/mol. The minimum atomic E-state index is -3.67. The minimum absolute atomic E-state index is 0.104. The molecule has 5 rings (SSSR count). The molecule has 3 atom stereocenters. The number of sulfonamides is 1. The van der Waals surface area contributed by atoms with Gasteiger partial charge in [0.15, 0.2) is 0 Å². The molecule has 0 radical (unpaired) electrons. The van der Waals surface area contributed by atoms with Crippen LogP contribution in [0.3, 0.4) is 0 Å². The summed E-state index contributed by atoms with van der Waals surface area (Å²) in [5.41, 5.74) is 9.45. The molecule has 4 aromatic carbocycles. The lowest BCUT2D eigenvalue weighted by molar-refractivity contribution is -0.118. The maximum Gasteiger partial charge on any atom is 0.407 e. The number of carbonyl (C=O) groups is 2. The smallest absolute Gasteiger partial charge is 0.407 e. The van der Waals surface area contributed by atoms with Crippen molar-refractivity contribution in [2.24, 2.45) is 0 Å². The molecule has 12 heteroatoms. The van der Waals surface area contributed by atoms with Gasteiger partial charge in [0.1, 0.15) is 6.04 Å². The molecule has 0 spiro atoms. The van der Waals surface area contributed by atoms with Crippen LogP contribution in [-0.4, -0.2) is 65.4 Å². The first-order chi connectivity index (χ1) is 23.2. The number of nitrogens with one attached hydrogen (secondary N) is 4. The van der Waals surface area contributed by atoms with Crippen molar-refractivity contribution < 1.29 is 27.5 Å². The molecular formula is C36H41N5O6S. The van der Waals surface area contributed by atoms with Gasteiger partial charge in [-0.15, -0.1) is 0 Å². The summed E-state index contributed by atoms with van der Waals surface area (Å²) in [6.07, 6.45) is 0.476. The molecule has 0 saturated carbocycles. The van der Waals surface area contributed by atoms with E-state index < -0.39 is 28.1 Å². The van der Waals surface area contributed by atoms with Gasteiger partial charge in [0.25, 0.3) is 0 Å². The number of morpholine rings is 1. The monoisotopic (exact) mass is 671 g/mol. The van der Waals surface area contributed by atoms with E-state index in [1.165, 1.54) is 19.2 Å². The third-order valence-corrected chi connectivity index (χ3v) is 9.72. The summed E-state index contributed by atoms with van der Waals surface area (Å²) in [6, 6.07) is 31.6. The lowest BCUT2D eigenvalue weighted by Crippen LogP contribution is -2.51. The fourth-order valence-electron chi connectivity index (χ4n) is 5.70. The zero-order valence-corrected chi connectivity index (χ0v) is 27.5. The van der Waals surface area contributed by atoms with Crippen LogP contribution in [0.2, 0.25) is 0 Å². The number of rotatable bonds is 13. The Morgan fingerprint density at radius 2 is 1.54 bits per heavy atom. The first-order valence-electron chi connectivity index (χ1n) is 15.8. The third-order valence-electron chi connectivity index (χ3n) is 8.28. The molecule has 2 amide bonds. The topological polar surface area (TPSA) is 161 Å². The van der Waals surface area contributed by atoms with Gasteiger partial charge < -0.3 is 31.2 Å². The first kappa shape index (κ1) is 34.6. The van der Waals surface area contributed by atoms with Gasteiger partial charge in [-0.3, -0.25) is 4.79 Å². The summed E-state index contributed by atoms with van der Waals surface area (Å²) in [6.45, 7) is 1.07. The number of methoxy groups -OCH3 is 1. The van der Waals surface area contributed by atoms with Crippen molar-refractivity contribution in [2.75, 3.05) is 37.9 Å². The van der Waals surface area contributed by atoms with Gasteiger partial charge in [0, 0.05) is 36.4 Å². The van der Waals surface area contributed by atoms with Gasteiger partial charge in [-0.05, 0) is 59.9 Å². The molecule has 0 bridgehead atoms. The second kappa shape index (κ2) is 16.4. The van der Waals surface area contributed by atoms with Gasteiger partial charge in [0.05, 0.1) is 24.7 Å². The van der Waals surface area contributed by atoms with E-state index in [0.717, 1.165) is 16.7 Å². The van der Waals surface area contributed by atoms with Crippen LogP contribution in [0.15, 0.2) is 114 Å². The van der Waals surface area contributed by atoms with Gasteiger partial charge in [0.2, 0.25) is 15.9 Å². The number of ether oxygens (including phenoxy) is 2. The Morgan fingerprint density at radius 1 is 0.917 bits per heavy atom. The maximum atomic E-state index is 14.0. The molecule has 4 aromatic rings. The quantitative estimate of drug-likeness (QED) is 0.133. The van der Waals surface area contributed by atoms with Crippen molar-refractivity contribution >= 4 is 33.4 Å². The number of benzene rings is 4.